The van der Waals surface area contributed by atoms with Gasteiger partial charge >= 0.3 is 0 Å². The van der Waals surface area contributed by atoms with E-state index in [1.165, 1.54) is 24.3 Å². The van der Waals surface area contributed by atoms with Crippen molar-refractivity contribution in [3.8, 4) is 5.75 Å². The molecule has 0 aromatic heterocycles. The highest BCUT2D eigenvalue weighted by Gasteiger charge is 2.13. The van der Waals surface area contributed by atoms with E-state index in [1.807, 2.05) is 0 Å². The number of hydrogen-bond donors (Lipinski definition) is 2. The zero-order valence-electron chi connectivity index (χ0n) is 10.7. The topological polar surface area (TPSA) is 92.5 Å². The summed E-state index contributed by atoms with van der Waals surface area (Å²) in [6, 6.07) is 10.1. The van der Waals surface area contributed by atoms with Crippen LogP contribution in [0.25, 0.3) is 0 Å². The van der Waals surface area contributed by atoms with E-state index in [2.05, 4.69) is 5.32 Å². The van der Waals surface area contributed by atoms with Gasteiger partial charge in [-0.05, 0) is 23.8 Å². The standard InChI is InChI=1S/C14H11ClN2O4/c15-11-5-10(6-12(7-11)17(20)21)14(19)16-8-9-2-1-3-13(18)4-9/h1-7,18H,8H2,(H,16,19). The lowest BCUT2D eigenvalue weighted by Crippen LogP contribution is -2.22. The lowest BCUT2D eigenvalue weighted by atomic mass is 10.1. The van der Waals surface area contributed by atoms with Gasteiger partial charge in [0.15, 0.2) is 0 Å². The number of amides is 1. The fourth-order valence-corrected chi connectivity index (χ4v) is 1.99. The van der Waals surface area contributed by atoms with Crippen LogP contribution in [0.1, 0.15) is 15.9 Å². The second-order valence-electron chi connectivity index (χ2n) is 4.31. The van der Waals surface area contributed by atoms with Crippen LogP contribution in [0, 0.1) is 10.1 Å². The van der Waals surface area contributed by atoms with Gasteiger partial charge in [0.2, 0.25) is 0 Å². The van der Waals surface area contributed by atoms with Crippen LogP contribution in [0.2, 0.25) is 5.02 Å². The molecule has 2 rings (SSSR count). The molecule has 0 atom stereocenters. The van der Waals surface area contributed by atoms with Crippen molar-refractivity contribution >= 4 is 23.2 Å². The maximum atomic E-state index is 12.0. The molecule has 2 aromatic rings. The largest absolute Gasteiger partial charge is 0.508 e. The summed E-state index contributed by atoms with van der Waals surface area (Å²) >= 11 is 5.76. The normalized spacial score (nSPS) is 10.1. The number of nitrogens with one attached hydrogen (secondary N) is 1. The highest BCUT2D eigenvalue weighted by Crippen LogP contribution is 2.21. The van der Waals surface area contributed by atoms with Crippen molar-refractivity contribution in [3.63, 3.8) is 0 Å². The second-order valence-corrected chi connectivity index (χ2v) is 4.74. The first-order valence-corrected chi connectivity index (χ1v) is 6.34. The van der Waals surface area contributed by atoms with E-state index in [0.29, 0.717) is 5.56 Å². The Balaban J connectivity index is 2.12. The molecule has 108 valence electrons. The molecule has 7 heteroatoms. The van der Waals surface area contributed by atoms with Crippen LogP contribution < -0.4 is 5.32 Å². The van der Waals surface area contributed by atoms with Crippen LogP contribution >= 0.6 is 11.6 Å². The smallest absolute Gasteiger partial charge is 0.271 e. The highest BCUT2D eigenvalue weighted by atomic mass is 35.5. The molecule has 0 aliphatic heterocycles. The van der Waals surface area contributed by atoms with E-state index in [4.69, 9.17) is 11.6 Å². The summed E-state index contributed by atoms with van der Waals surface area (Å²) in [5, 5.41) is 22.8. The summed E-state index contributed by atoms with van der Waals surface area (Å²) in [5.74, 6) is -0.385. The van der Waals surface area contributed by atoms with E-state index in [0.717, 1.165) is 6.07 Å². The van der Waals surface area contributed by atoms with Gasteiger partial charge in [-0.15, -0.1) is 0 Å². The first-order chi connectivity index (χ1) is 9.95. The molecule has 0 heterocycles. The van der Waals surface area contributed by atoms with E-state index < -0.39 is 10.8 Å². The number of hydrogen-bond acceptors (Lipinski definition) is 4. The maximum absolute atomic E-state index is 12.0. The Morgan fingerprint density at radius 1 is 1.29 bits per heavy atom. The Labute approximate surface area is 125 Å². The number of phenolic OH excluding ortho intramolecular Hbond substituents is 1. The van der Waals surface area contributed by atoms with Gasteiger partial charge in [-0.3, -0.25) is 14.9 Å². The molecular weight excluding hydrogens is 296 g/mol. The van der Waals surface area contributed by atoms with Crippen molar-refractivity contribution in [1.29, 1.82) is 0 Å². The van der Waals surface area contributed by atoms with Gasteiger partial charge in [-0.1, -0.05) is 23.7 Å². The van der Waals surface area contributed by atoms with Gasteiger partial charge in [-0.25, -0.2) is 0 Å². The summed E-state index contributed by atoms with van der Waals surface area (Å²) < 4.78 is 0. The summed E-state index contributed by atoms with van der Waals surface area (Å²) in [4.78, 5) is 22.1. The first kappa shape index (κ1) is 14.8. The van der Waals surface area contributed by atoms with Crippen molar-refractivity contribution in [1.82, 2.24) is 5.32 Å². The molecule has 1 amide bonds. The molecule has 0 aliphatic carbocycles. The zero-order valence-corrected chi connectivity index (χ0v) is 11.5. The summed E-state index contributed by atoms with van der Waals surface area (Å²) in [7, 11) is 0. The molecule has 0 saturated heterocycles. The molecule has 0 spiro atoms. The number of non-ortho nitro benzene ring substituents is 1. The van der Waals surface area contributed by atoms with Crippen molar-refractivity contribution < 1.29 is 14.8 Å². The molecule has 0 saturated carbocycles. The molecule has 0 fully saturated rings. The summed E-state index contributed by atoms with van der Waals surface area (Å²) in [5.41, 5.74) is 0.569. The minimum atomic E-state index is -0.613. The first-order valence-electron chi connectivity index (χ1n) is 5.97. The van der Waals surface area contributed by atoms with E-state index >= 15 is 0 Å². The minimum Gasteiger partial charge on any atom is -0.508 e. The number of carbonyl (C=O) groups is 1. The van der Waals surface area contributed by atoms with Crippen LogP contribution in [0.5, 0.6) is 5.75 Å². The third kappa shape index (κ3) is 3.93. The Hall–Kier alpha value is -2.60. The van der Waals surface area contributed by atoms with Gasteiger partial charge in [0, 0.05) is 29.3 Å². The Bertz CT molecular complexity index is 703. The van der Waals surface area contributed by atoms with Gasteiger partial charge in [0.25, 0.3) is 11.6 Å². The molecule has 2 N–H and O–H groups in total. The number of halogens is 1. The zero-order chi connectivity index (χ0) is 15.4. The number of nitrogens with zero attached hydrogens (tertiary/aromatic N) is 1. The lowest BCUT2D eigenvalue weighted by Gasteiger charge is -2.06. The van der Waals surface area contributed by atoms with Gasteiger partial charge < -0.3 is 10.4 Å². The Morgan fingerprint density at radius 2 is 2.05 bits per heavy atom. The third-order valence-electron chi connectivity index (χ3n) is 2.72. The number of rotatable bonds is 4. The predicted octanol–water partition coefficient (Wildman–Crippen LogP) is 2.88. The van der Waals surface area contributed by atoms with Gasteiger partial charge in [0.05, 0.1) is 4.92 Å². The number of aromatic hydroxyl groups is 1. The number of phenols is 1. The van der Waals surface area contributed by atoms with Crippen molar-refractivity contribution in [2.75, 3.05) is 0 Å². The maximum Gasteiger partial charge on any atom is 0.271 e. The van der Waals surface area contributed by atoms with Crippen LogP contribution in [0.4, 0.5) is 5.69 Å². The van der Waals surface area contributed by atoms with Crippen molar-refractivity contribution in [2.45, 2.75) is 6.54 Å². The third-order valence-corrected chi connectivity index (χ3v) is 2.94. The van der Waals surface area contributed by atoms with Crippen LogP contribution in [-0.4, -0.2) is 15.9 Å². The average molecular weight is 307 g/mol. The molecule has 0 bridgehead atoms. The molecule has 6 nitrogen and oxygen atoms in total. The predicted molar refractivity (Wildman–Crippen MR) is 77.4 cm³/mol. The van der Waals surface area contributed by atoms with Gasteiger partial charge in [0.1, 0.15) is 5.75 Å². The van der Waals surface area contributed by atoms with E-state index in [1.54, 1.807) is 12.1 Å². The fourth-order valence-electron chi connectivity index (χ4n) is 1.76. The van der Waals surface area contributed by atoms with E-state index in [9.17, 15) is 20.0 Å². The molecule has 2 aromatic carbocycles. The minimum absolute atomic E-state index is 0.0974. The van der Waals surface area contributed by atoms with Crippen LogP contribution in [0.15, 0.2) is 42.5 Å². The van der Waals surface area contributed by atoms with Crippen LogP contribution in [0.3, 0.4) is 0 Å². The number of nitro benzene ring substituents is 1. The molecule has 0 unspecified atom stereocenters. The molecular formula is C14H11ClN2O4. The SMILES string of the molecule is O=C(NCc1cccc(O)c1)c1cc(Cl)cc([N+](=O)[O-])c1. The Kier molecular flexibility index (Phi) is 4.39. The highest BCUT2D eigenvalue weighted by molar-refractivity contribution is 6.31. The Morgan fingerprint density at radius 3 is 2.71 bits per heavy atom. The van der Waals surface area contributed by atoms with Crippen molar-refractivity contribution in [3.05, 3.63) is 68.7 Å². The summed E-state index contributed by atoms with van der Waals surface area (Å²) in [6.45, 7) is 0.188. The van der Waals surface area contributed by atoms with Crippen molar-refractivity contribution in [2.24, 2.45) is 0 Å². The van der Waals surface area contributed by atoms with E-state index in [-0.39, 0.29) is 28.6 Å². The average Bonchev–Trinajstić information content (AvgIpc) is 2.44. The second kappa shape index (κ2) is 6.23. The van der Waals surface area contributed by atoms with Crippen LogP contribution in [-0.2, 0) is 6.54 Å². The fraction of sp³-hybridized carbons (Fsp3) is 0.0714. The van der Waals surface area contributed by atoms with Gasteiger partial charge in [-0.2, -0.15) is 0 Å². The lowest BCUT2D eigenvalue weighted by molar-refractivity contribution is -0.384. The quantitative estimate of drug-likeness (QED) is 0.671. The monoisotopic (exact) mass is 306 g/mol. The number of benzene rings is 2. The molecule has 21 heavy (non-hydrogen) atoms. The molecule has 0 aliphatic rings. The summed E-state index contributed by atoms with van der Waals surface area (Å²) in [6.07, 6.45) is 0. The number of nitro groups is 1. The molecule has 0 radical (unpaired) electrons. The number of carbonyl (C=O) groups excluding carboxylic acids is 1.